The van der Waals surface area contributed by atoms with Gasteiger partial charge >= 0.3 is 6.16 Å². The summed E-state index contributed by atoms with van der Waals surface area (Å²) in [5.74, 6) is 0. The Labute approximate surface area is 253 Å². The summed E-state index contributed by atoms with van der Waals surface area (Å²) in [6, 6.07) is 20.2. The van der Waals surface area contributed by atoms with Crippen molar-refractivity contribution < 1.29 is 23.4 Å². The summed E-state index contributed by atoms with van der Waals surface area (Å²) in [6.07, 6.45) is 7.37. The van der Waals surface area contributed by atoms with Crippen LogP contribution in [0.5, 0.6) is 0 Å². The minimum absolute atomic E-state index is 0.109. The van der Waals surface area contributed by atoms with E-state index in [1.54, 1.807) is 0 Å². The molecule has 2 aromatic carbocycles. The number of nitrogens with zero attached hydrogens (tertiary/aromatic N) is 3. The predicted molar refractivity (Wildman–Crippen MR) is 172 cm³/mol. The van der Waals surface area contributed by atoms with E-state index in [1.807, 2.05) is 36.4 Å². The topological polar surface area (TPSA) is 103 Å². The van der Waals surface area contributed by atoms with E-state index in [9.17, 15) is 10.3 Å². The van der Waals surface area contributed by atoms with Crippen LogP contribution in [0.1, 0.15) is 72.6 Å². The van der Waals surface area contributed by atoms with Crippen molar-refractivity contribution in [2.45, 2.75) is 89.8 Å². The number of unbranched alkanes of at least 4 members (excludes halogenated alkanes) is 4. The average Bonchev–Trinajstić information content (AvgIpc) is 2.98. The fourth-order valence-corrected chi connectivity index (χ4v) is 9.74. The van der Waals surface area contributed by atoms with E-state index in [4.69, 9.17) is 18.6 Å². The van der Waals surface area contributed by atoms with Crippen LogP contribution in [0.25, 0.3) is 10.4 Å². The van der Waals surface area contributed by atoms with Gasteiger partial charge in [0.2, 0.25) is 0 Å². The first-order valence-electron chi connectivity index (χ1n) is 15.1. The molecule has 0 aromatic heterocycles. The van der Waals surface area contributed by atoms with Crippen molar-refractivity contribution in [3.8, 4) is 0 Å². The molecule has 0 saturated carbocycles. The highest BCUT2D eigenvalue weighted by atomic mass is 28.4. The fraction of sp³-hybridized carbons (Fsp3) is 0.545. The lowest BCUT2D eigenvalue weighted by molar-refractivity contribution is 0.00755. The van der Waals surface area contributed by atoms with Gasteiger partial charge in [0, 0.05) is 17.9 Å². The molecule has 1 unspecified atom stereocenters. The second-order valence-electron chi connectivity index (χ2n) is 11.5. The Balaban J connectivity index is 2.08. The van der Waals surface area contributed by atoms with Gasteiger partial charge in [-0.1, -0.05) is 132 Å². The van der Waals surface area contributed by atoms with Gasteiger partial charge in [0.1, 0.15) is 12.7 Å². The molecular weight excluding hydrogens is 546 g/mol. The summed E-state index contributed by atoms with van der Waals surface area (Å²) in [5.41, 5.74) is 9.31. The third-order valence-electron chi connectivity index (χ3n) is 7.23. The Bertz CT molecular complexity index is 1050. The normalized spacial score (nSPS) is 13.0. The Morgan fingerprint density at radius 2 is 1.60 bits per heavy atom. The highest BCUT2D eigenvalue weighted by Crippen LogP contribution is 2.36. The lowest BCUT2D eigenvalue weighted by Crippen LogP contribution is -2.67. The van der Waals surface area contributed by atoms with Gasteiger partial charge in [0.25, 0.3) is 8.32 Å². The monoisotopic (exact) mass is 595 g/mol. The number of ether oxygens (including phenoxy) is 3. The summed E-state index contributed by atoms with van der Waals surface area (Å²) in [7, 11) is -2.78. The van der Waals surface area contributed by atoms with Gasteiger partial charge in [-0.15, -0.1) is 0 Å². The van der Waals surface area contributed by atoms with Crippen LogP contribution in [0.2, 0.25) is 5.04 Å². The summed E-state index contributed by atoms with van der Waals surface area (Å²) in [5, 5.41) is 6.13. The smallest absolute Gasteiger partial charge is 0.431 e. The summed E-state index contributed by atoms with van der Waals surface area (Å²) in [4.78, 5) is 15.1. The van der Waals surface area contributed by atoms with Crippen molar-refractivity contribution in [2.75, 3.05) is 26.4 Å². The molecule has 2 rings (SSSR count). The van der Waals surface area contributed by atoms with Gasteiger partial charge in [-0.25, -0.2) is 4.79 Å². The van der Waals surface area contributed by atoms with Crippen LogP contribution in [0, 0.1) is 0 Å². The predicted octanol–water partition coefficient (Wildman–Crippen LogP) is 7.72. The highest BCUT2D eigenvalue weighted by molar-refractivity contribution is 6.99. The number of hydrogen-bond donors (Lipinski definition) is 0. The molecule has 42 heavy (non-hydrogen) atoms. The van der Waals surface area contributed by atoms with Gasteiger partial charge in [-0.3, -0.25) is 0 Å². The second-order valence-corrected chi connectivity index (χ2v) is 15.8. The van der Waals surface area contributed by atoms with Crippen molar-refractivity contribution in [3.63, 3.8) is 0 Å². The van der Waals surface area contributed by atoms with Crippen LogP contribution in [0.15, 0.2) is 78.4 Å². The van der Waals surface area contributed by atoms with E-state index in [0.717, 1.165) is 29.6 Å². The summed E-state index contributed by atoms with van der Waals surface area (Å²) in [6.45, 7) is 13.3. The van der Waals surface area contributed by atoms with Gasteiger partial charge in [0.15, 0.2) is 0 Å². The molecule has 0 bridgehead atoms. The zero-order chi connectivity index (χ0) is 30.7. The maximum absolute atomic E-state index is 12.1. The molecule has 0 amide bonds. The first-order chi connectivity index (χ1) is 20.3. The first-order valence-corrected chi connectivity index (χ1v) is 17.0. The molecule has 0 saturated heterocycles. The zero-order valence-electron chi connectivity index (χ0n) is 25.9. The fourth-order valence-electron chi connectivity index (χ4n) is 5.14. The van der Waals surface area contributed by atoms with E-state index >= 15 is 0 Å². The molecule has 2 atom stereocenters. The Morgan fingerprint density at radius 3 is 2.14 bits per heavy atom. The van der Waals surface area contributed by atoms with Crippen LogP contribution in [0.3, 0.4) is 0 Å². The molecule has 0 spiro atoms. The van der Waals surface area contributed by atoms with Crippen LogP contribution in [0.4, 0.5) is 4.79 Å². The standard InChI is InChI=1S/C33H49N3O5Si/c1-6-8-9-10-13-18-29(41-32(37)39-24-7-2)23-25-38-26-28(35-36-34)27-40-42(33(3,4)5,30-19-14-11-15-20-30)31-21-16-12-17-22-31/h7,11-12,14-17,19-22,28-29H,2,6,8-10,13,18,23-27H2,1,3-5H3/t28?,29-/m1/s1. The summed E-state index contributed by atoms with van der Waals surface area (Å²) >= 11 is 0. The number of carbonyl (C=O) groups excluding carboxylic acids is 1. The molecule has 0 radical (unpaired) electrons. The van der Waals surface area contributed by atoms with Crippen molar-refractivity contribution in [2.24, 2.45) is 5.11 Å². The minimum atomic E-state index is -2.78. The van der Waals surface area contributed by atoms with E-state index in [2.05, 4.69) is 68.6 Å². The van der Waals surface area contributed by atoms with E-state index in [1.165, 1.54) is 25.3 Å². The van der Waals surface area contributed by atoms with Crippen molar-refractivity contribution in [1.82, 2.24) is 0 Å². The molecule has 0 fully saturated rings. The summed E-state index contributed by atoms with van der Waals surface area (Å²) < 4.78 is 23.5. The third-order valence-corrected chi connectivity index (χ3v) is 12.2. The number of carbonyl (C=O) groups is 1. The number of benzene rings is 2. The SMILES string of the molecule is C=CCOC(=O)O[C@H](CCCCCCC)CCOCC(CO[Si](c1ccccc1)(c1ccccc1)C(C)(C)C)N=[N+]=[N-]. The molecule has 2 aromatic rings. The lowest BCUT2D eigenvalue weighted by Gasteiger charge is -2.43. The minimum Gasteiger partial charge on any atom is -0.431 e. The molecule has 230 valence electrons. The molecule has 0 N–H and O–H groups in total. The quantitative estimate of drug-likeness (QED) is 0.0297. The Kier molecular flexibility index (Phi) is 16.0. The van der Waals surface area contributed by atoms with E-state index in [-0.39, 0.29) is 31.0 Å². The number of hydrogen-bond acceptors (Lipinski definition) is 6. The third kappa shape index (κ3) is 11.3. The van der Waals surface area contributed by atoms with Crippen LogP contribution < -0.4 is 10.4 Å². The van der Waals surface area contributed by atoms with Crippen LogP contribution in [-0.2, 0) is 18.6 Å². The van der Waals surface area contributed by atoms with Gasteiger partial charge in [-0.05, 0) is 33.8 Å². The van der Waals surface area contributed by atoms with Crippen molar-refractivity contribution in [3.05, 3.63) is 83.8 Å². The second kappa shape index (κ2) is 19.2. The highest BCUT2D eigenvalue weighted by Gasteiger charge is 2.50. The zero-order valence-corrected chi connectivity index (χ0v) is 26.9. The molecule has 0 heterocycles. The molecule has 0 aliphatic heterocycles. The number of rotatable bonds is 20. The Hall–Kier alpha value is -3.10. The van der Waals surface area contributed by atoms with Crippen molar-refractivity contribution >= 4 is 24.8 Å². The number of azide groups is 1. The molecule has 0 aliphatic carbocycles. The molecular formula is C33H49N3O5Si. The van der Waals surface area contributed by atoms with Gasteiger partial charge < -0.3 is 18.6 Å². The van der Waals surface area contributed by atoms with Crippen LogP contribution in [-0.4, -0.2) is 53.0 Å². The molecule has 8 nitrogen and oxygen atoms in total. The largest absolute Gasteiger partial charge is 0.508 e. The van der Waals surface area contributed by atoms with E-state index < -0.39 is 20.5 Å². The maximum Gasteiger partial charge on any atom is 0.508 e. The van der Waals surface area contributed by atoms with E-state index in [0.29, 0.717) is 13.0 Å². The lowest BCUT2D eigenvalue weighted by atomic mass is 10.1. The van der Waals surface area contributed by atoms with Gasteiger partial charge in [-0.2, -0.15) is 0 Å². The first kappa shape index (κ1) is 35.1. The van der Waals surface area contributed by atoms with Crippen LogP contribution >= 0.6 is 0 Å². The van der Waals surface area contributed by atoms with Gasteiger partial charge in [0.05, 0.1) is 19.3 Å². The molecule has 9 heteroatoms. The van der Waals surface area contributed by atoms with Crippen molar-refractivity contribution in [1.29, 1.82) is 0 Å². The Morgan fingerprint density at radius 1 is 0.976 bits per heavy atom. The maximum atomic E-state index is 12.1. The molecule has 0 aliphatic rings. The average molecular weight is 596 g/mol.